The van der Waals surface area contributed by atoms with Crippen LogP contribution in [0.3, 0.4) is 0 Å². The number of carbonyl (C=O) groups excluding carboxylic acids is 2. The molecular weight excluding hydrogens is 329 g/mol. The number of aliphatic hydroxyl groups excluding tert-OH is 1. The number of urea groups is 1. The number of hydrogen-bond donors (Lipinski definition) is 1. The first-order valence-electron chi connectivity index (χ1n) is 7.42. The Morgan fingerprint density at radius 2 is 1.92 bits per heavy atom. The van der Waals surface area contributed by atoms with Gasteiger partial charge in [-0.25, -0.2) is 4.79 Å². The molecule has 2 fully saturated rings. The zero-order chi connectivity index (χ0) is 17.5. The molecule has 1 aromatic rings. The third kappa shape index (κ3) is 3.16. The number of halogens is 3. The van der Waals surface area contributed by atoms with Crippen LogP contribution in [0.1, 0.15) is 24.5 Å². The predicted octanol–water partition coefficient (Wildman–Crippen LogP) is 2.05. The van der Waals surface area contributed by atoms with Gasteiger partial charge in [-0.05, 0) is 30.5 Å². The van der Waals surface area contributed by atoms with Crippen molar-refractivity contribution in [1.29, 1.82) is 0 Å². The van der Waals surface area contributed by atoms with Crippen molar-refractivity contribution >= 4 is 11.9 Å². The van der Waals surface area contributed by atoms with E-state index in [2.05, 4.69) is 4.74 Å². The standard InChI is InChI=1S/C15H15F3N2O4/c16-15(17,18)24-10-5-3-9(4-6-10)12(21)8-20-13(22)11-2-1-7-19(11)14(20)23/h3-6,11-12,21H,1-2,7-8H2. The SMILES string of the molecule is O=C1C2CCCN2C(=O)N1CC(O)c1ccc(OC(F)(F)F)cc1. The maximum Gasteiger partial charge on any atom is 0.573 e. The van der Waals surface area contributed by atoms with Gasteiger partial charge in [0, 0.05) is 6.54 Å². The van der Waals surface area contributed by atoms with E-state index in [0.717, 1.165) is 23.5 Å². The molecule has 2 saturated heterocycles. The van der Waals surface area contributed by atoms with Crippen molar-refractivity contribution in [3.05, 3.63) is 29.8 Å². The number of aliphatic hydroxyl groups is 1. The molecule has 1 aromatic carbocycles. The number of ether oxygens (including phenoxy) is 1. The van der Waals surface area contributed by atoms with Crippen LogP contribution in [0.2, 0.25) is 0 Å². The van der Waals surface area contributed by atoms with Crippen LogP contribution in [0.15, 0.2) is 24.3 Å². The van der Waals surface area contributed by atoms with E-state index in [-0.39, 0.29) is 18.0 Å². The minimum Gasteiger partial charge on any atom is -0.406 e. The van der Waals surface area contributed by atoms with Crippen LogP contribution in [0.5, 0.6) is 5.75 Å². The van der Waals surface area contributed by atoms with Crippen molar-refractivity contribution in [3.63, 3.8) is 0 Å². The molecule has 0 saturated carbocycles. The minimum absolute atomic E-state index is 0.232. The van der Waals surface area contributed by atoms with E-state index in [1.54, 1.807) is 0 Å². The third-order valence-corrected chi connectivity index (χ3v) is 4.13. The van der Waals surface area contributed by atoms with E-state index in [0.29, 0.717) is 13.0 Å². The van der Waals surface area contributed by atoms with Crippen molar-refractivity contribution < 1.29 is 32.6 Å². The summed E-state index contributed by atoms with van der Waals surface area (Å²) in [6, 6.07) is 3.77. The van der Waals surface area contributed by atoms with Gasteiger partial charge in [0.15, 0.2) is 0 Å². The predicted molar refractivity (Wildman–Crippen MR) is 74.9 cm³/mol. The van der Waals surface area contributed by atoms with E-state index in [1.807, 2.05) is 0 Å². The Hall–Kier alpha value is -2.29. The monoisotopic (exact) mass is 344 g/mol. The summed E-state index contributed by atoms with van der Waals surface area (Å²) in [5, 5.41) is 10.2. The average Bonchev–Trinajstić information content (AvgIpc) is 3.06. The zero-order valence-corrected chi connectivity index (χ0v) is 12.5. The van der Waals surface area contributed by atoms with Crippen molar-refractivity contribution in [2.75, 3.05) is 13.1 Å². The van der Waals surface area contributed by atoms with Gasteiger partial charge in [0.1, 0.15) is 11.8 Å². The maximum atomic E-state index is 12.2. The van der Waals surface area contributed by atoms with Crippen LogP contribution in [0.25, 0.3) is 0 Å². The van der Waals surface area contributed by atoms with Gasteiger partial charge in [-0.2, -0.15) is 0 Å². The lowest BCUT2D eigenvalue weighted by molar-refractivity contribution is -0.274. The number of hydrogen-bond acceptors (Lipinski definition) is 4. The second kappa shape index (κ2) is 5.97. The first-order valence-corrected chi connectivity index (χ1v) is 7.42. The summed E-state index contributed by atoms with van der Waals surface area (Å²) >= 11 is 0. The van der Waals surface area contributed by atoms with Crippen molar-refractivity contribution in [3.8, 4) is 5.75 Å². The Morgan fingerprint density at radius 1 is 1.25 bits per heavy atom. The van der Waals surface area contributed by atoms with Crippen LogP contribution in [0, 0.1) is 0 Å². The molecule has 0 radical (unpaired) electrons. The summed E-state index contributed by atoms with van der Waals surface area (Å²) < 4.78 is 40.1. The van der Waals surface area contributed by atoms with E-state index in [4.69, 9.17) is 0 Å². The van der Waals surface area contributed by atoms with Gasteiger partial charge >= 0.3 is 12.4 Å². The van der Waals surface area contributed by atoms with E-state index < -0.39 is 30.3 Å². The molecule has 0 bridgehead atoms. The smallest absolute Gasteiger partial charge is 0.406 e. The highest BCUT2D eigenvalue weighted by atomic mass is 19.4. The van der Waals surface area contributed by atoms with E-state index in [1.165, 1.54) is 17.0 Å². The molecule has 130 valence electrons. The first kappa shape index (κ1) is 16.6. The van der Waals surface area contributed by atoms with Gasteiger partial charge in [-0.15, -0.1) is 13.2 Å². The van der Waals surface area contributed by atoms with Crippen molar-refractivity contribution in [1.82, 2.24) is 9.80 Å². The normalized spacial score (nSPS) is 22.1. The summed E-state index contributed by atoms with van der Waals surface area (Å²) in [5.41, 5.74) is 0.289. The van der Waals surface area contributed by atoms with Gasteiger partial charge < -0.3 is 14.7 Å². The zero-order valence-electron chi connectivity index (χ0n) is 12.5. The molecule has 3 rings (SSSR count). The molecule has 0 aliphatic carbocycles. The summed E-state index contributed by atoms with van der Waals surface area (Å²) in [6.07, 6.45) is -4.58. The fraction of sp³-hybridized carbons (Fsp3) is 0.467. The quantitative estimate of drug-likeness (QED) is 0.849. The number of fused-ring (bicyclic) bond motifs is 1. The summed E-state index contributed by atoms with van der Waals surface area (Å²) in [7, 11) is 0. The molecule has 24 heavy (non-hydrogen) atoms. The van der Waals surface area contributed by atoms with Crippen LogP contribution >= 0.6 is 0 Å². The highest BCUT2D eigenvalue weighted by Crippen LogP contribution is 2.29. The highest BCUT2D eigenvalue weighted by Gasteiger charge is 2.47. The fourth-order valence-corrected chi connectivity index (χ4v) is 3.02. The van der Waals surface area contributed by atoms with Crippen LogP contribution in [-0.2, 0) is 4.79 Å². The lowest BCUT2D eigenvalue weighted by Crippen LogP contribution is -2.36. The molecule has 3 amide bonds. The summed E-state index contributed by atoms with van der Waals surface area (Å²) in [6.45, 7) is 0.287. The molecule has 2 aliphatic rings. The summed E-state index contributed by atoms with van der Waals surface area (Å²) in [5.74, 6) is -0.749. The Kier molecular flexibility index (Phi) is 4.12. The number of alkyl halides is 3. The topological polar surface area (TPSA) is 70.1 Å². The Balaban J connectivity index is 1.66. The number of β-amino-alcohol motifs (C(OH)–C–C–N with tert-alkyl or cyclic N) is 1. The van der Waals surface area contributed by atoms with Crippen LogP contribution < -0.4 is 4.74 Å². The van der Waals surface area contributed by atoms with Gasteiger partial charge in [0.25, 0.3) is 5.91 Å². The van der Waals surface area contributed by atoms with Crippen LogP contribution in [0.4, 0.5) is 18.0 Å². The number of carbonyl (C=O) groups is 2. The molecule has 2 aliphatic heterocycles. The highest BCUT2D eigenvalue weighted by molar-refractivity contribution is 6.04. The molecule has 0 spiro atoms. The Bertz CT molecular complexity index is 625. The fourth-order valence-electron chi connectivity index (χ4n) is 3.02. The second-order valence-electron chi connectivity index (χ2n) is 5.72. The molecule has 6 nitrogen and oxygen atoms in total. The molecule has 9 heteroatoms. The average molecular weight is 344 g/mol. The molecular formula is C15H15F3N2O4. The molecule has 1 N–H and O–H groups in total. The lowest BCUT2D eigenvalue weighted by Gasteiger charge is -2.19. The molecule has 0 aromatic heterocycles. The number of imide groups is 1. The summed E-state index contributed by atoms with van der Waals surface area (Å²) in [4.78, 5) is 26.8. The van der Waals surface area contributed by atoms with Gasteiger partial charge in [0.05, 0.1) is 12.6 Å². The maximum absolute atomic E-state index is 12.2. The second-order valence-corrected chi connectivity index (χ2v) is 5.72. The largest absolute Gasteiger partial charge is 0.573 e. The molecule has 2 unspecified atom stereocenters. The van der Waals surface area contributed by atoms with E-state index in [9.17, 15) is 27.9 Å². The minimum atomic E-state index is -4.79. The van der Waals surface area contributed by atoms with E-state index >= 15 is 0 Å². The number of amides is 3. The number of nitrogens with zero attached hydrogens (tertiary/aromatic N) is 2. The van der Waals surface area contributed by atoms with Gasteiger partial charge in [-0.3, -0.25) is 9.69 Å². The van der Waals surface area contributed by atoms with Gasteiger partial charge in [0.2, 0.25) is 0 Å². The lowest BCUT2D eigenvalue weighted by atomic mass is 10.1. The van der Waals surface area contributed by atoms with Crippen LogP contribution in [-0.4, -0.2) is 52.3 Å². The first-order chi connectivity index (χ1) is 11.3. The number of rotatable bonds is 4. The molecule has 2 atom stereocenters. The number of benzene rings is 1. The third-order valence-electron chi connectivity index (χ3n) is 4.13. The van der Waals surface area contributed by atoms with Crippen molar-refractivity contribution in [2.24, 2.45) is 0 Å². The van der Waals surface area contributed by atoms with Gasteiger partial charge in [-0.1, -0.05) is 12.1 Å². The Morgan fingerprint density at radius 3 is 2.50 bits per heavy atom. The molecule has 2 heterocycles. The van der Waals surface area contributed by atoms with Crippen molar-refractivity contribution in [2.45, 2.75) is 31.3 Å². The Labute approximate surface area is 135 Å².